The smallest absolute Gasteiger partial charge is 0.226 e. The fourth-order valence-corrected chi connectivity index (χ4v) is 3.99. The van der Waals surface area contributed by atoms with Gasteiger partial charge in [-0.15, -0.1) is 0 Å². The van der Waals surface area contributed by atoms with Crippen LogP contribution in [0.1, 0.15) is 17.5 Å². The number of aromatic nitrogens is 2. The molecular formula is C24H19N3O2. The number of nitrogens with zero attached hydrogens (tertiary/aromatic N) is 2. The number of nitrogens with one attached hydrogen (secondary N) is 1. The molecule has 1 aliphatic rings. The minimum Gasteiger partial charge on any atom is -0.326 e. The first-order chi connectivity index (χ1) is 14.2. The van der Waals surface area contributed by atoms with Crippen LogP contribution in [0.2, 0.25) is 0 Å². The average molecular weight is 381 g/mol. The molecule has 5 heteroatoms. The molecule has 3 aromatic carbocycles. The van der Waals surface area contributed by atoms with Crippen molar-refractivity contribution < 1.29 is 4.79 Å². The lowest BCUT2D eigenvalue weighted by Gasteiger charge is -2.10. The fourth-order valence-electron chi connectivity index (χ4n) is 3.99. The number of hydrogen-bond donors (Lipinski definition) is 1. The van der Waals surface area contributed by atoms with Crippen molar-refractivity contribution in [2.45, 2.75) is 19.4 Å². The summed E-state index contributed by atoms with van der Waals surface area (Å²) in [4.78, 5) is 24.4. The molecule has 0 saturated heterocycles. The molecule has 1 amide bonds. The number of para-hydroxylation sites is 1. The summed E-state index contributed by atoms with van der Waals surface area (Å²) in [6.45, 7) is 0.406. The molecule has 1 aliphatic carbocycles. The van der Waals surface area contributed by atoms with Crippen molar-refractivity contribution in [1.82, 2.24) is 9.78 Å². The van der Waals surface area contributed by atoms with Gasteiger partial charge in [-0.05, 0) is 52.9 Å². The molecule has 0 bridgehead atoms. The van der Waals surface area contributed by atoms with Gasteiger partial charge >= 0.3 is 0 Å². The van der Waals surface area contributed by atoms with Crippen LogP contribution in [-0.4, -0.2) is 15.7 Å². The van der Waals surface area contributed by atoms with E-state index < -0.39 is 0 Å². The Morgan fingerprint density at radius 2 is 1.76 bits per heavy atom. The largest absolute Gasteiger partial charge is 0.326 e. The zero-order chi connectivity index (χ0) is 19.8. The third-order valence-electron chi connectivity index (χ3n) is 5.39. The quantitative estimate of drug-likeness (QED) is 0.512. The Morgan fingerprint density at radius 1 is 0.966 bits per heavy atom. The van der Waals surface area contributed by atoms with E-state index in [0.29, 0.717) is 11.9 Å². The van der Waals surface area contributed by atoms with Gasteiger partial charge in [0.15, 0.2) is 0 Å². The number of amides is 1. The Kier molecular flexibility index (Phi) is 4.21. The normalized spacial score (nSPS) is 11.9. The van der Waals surface area contributed by atoms with Crippen LogP contribution in [-0.2, 0) is 17.8 Å². The van der Waals surface area contributed by atoms with E-state index >= 15 is 0 Å². The van der Waals surface area contributed by atoms with Gasteiger partial charge in [0.05, 0.1) is 18.3 Å². The van der Waals surface area contributed by atoms with Gasteiger partial charge in [-0.25, -0.2) is 0 Å². The standard InChI is InChI=1S/C24H19N3O2/c28-23-15-25-27(22-8-4-3-7-21(22)23)12-11-24(29)26-18-9-10-20-17(14-18)13-16-5-1-2-6-19(16)20/h1-10,14-15H,11-13H2,(H,26,29). The number of carbonyl (C=O) groups excluding carboxylic acids is 1. The summed E-state index contributed by atoms with van der Waals surface area (Å²) >= 11 is 0. The van der Waals surface area contributed by atoms with E-state index in [2.05, 4.69) is 46.8 Å². The number of rotatable bonds is 4. The van der Waals surface area contributed by atoms with Crippen molar-refractivity contribution in [3.05, 3.63) is 94.3 Å². The molecular weight excluding hydrogens is 362 g/mol. The highest BCUT2D eigenvalue weighted by Gasteiger charge is 2.18. The van der Waals surface area contributed by atoms with E-state index in [4.69, 9.17) is 0 Å². The van der Waals surface area contributed by atoms with Gasteiger partial charge in [0, 0.05) is 17.5 Å². The first-order valence-corrected chi connectivity index (χ1v) is 9.65. The Balaban J connectivity index is 1.30. The highest BCUT2D eigenvalue weighted by Crippen LogP contribution is 2.37. The molecule has 5 nitrogen and oxygen atoms in total. The molecule has 0 unspecified atom stereocenters. The van der Waals surface area contributed by atoms with Crippen molar-refractivity contribution in [3.8, 4) is 11.1 Å². The highest BCUT2D eigenvalue weighted by atomic mass is 16.1. The summed E-state index contributed by atoms with van der Waals surface area (Å²) in [7, 11) is 0. The lowest BCUT2D eigenvalue weighted by atomic mass is 10.1. The van der Waals surface area contributed by atoms with Gasteiger partial charge in [-0.1, -0.05) is 42.5 Å². The highest BCUT2D eigenvalue weighted by molar-refractivity contribution is 5.92. The average Bonchev–Trinajstić information content (AvgIpc) is 3.11. The minimum absolute atomic E-state index is 0.0787. The van der Waals surface area contributed by atoms with Gasteiger partial charge in [-0.2, -0.15) is 5.10 Å². The molecule has 4 aromatic rings. The second kappa shape index (κ2) is 7.02. The van der Waals surface area contributed by atoms with Crippen molar-refractivity contribution in [2.75, 3.05) is 5.32 Å². The molecule has 1 aromatic heterocycles. The second-order valence-corrected chi connectivity index (χ2v) is 7.25. The van der Waals surface area contributed by atoms with E-state index in [1.807, 2.05) is 24.3 Å². The third kappa shape index (κ3) is 3.21. The van der Waals surface area contributed by atoms with Crippen molar-refractivity contribution >= 4 is 22.5 Å². The van der Waals surface area contributed by atoms with Gasteiger partial charge in [0.25, 0.3) is 0 Å². The molecule has 0 saturated carbocycles. The summed E-state index contributed by atoms with van der Waals surface area (Å²) in [5.41, 5.74) is 6.50. The van der Waals surface area contributed by atoms with E-state index in [0.717, 1.165) is 17.6 Å². The summed E-state index contributed by atoms with van der Waals surface area (Å²) in [6, 6.07) is 21.8. The molecule has 0 spiro atoms. The number of anilines is 1. The zero-order valence-electron chi connectivity index (χ0n) is 15.8. The Morgan fingerprint density at radius 3 is 2.69 bits per heavy atom. The predicted molar refractivity (Wildman–Crippen MR) is 114 cm³/mol. The first-order valence-electron chi connectivity index (χ1n) is 9.65. The molecule has 29 heavy (non-hydrogen) atoms. The zero-order valence-corrected chi connectivity index (χ0v) is 15.8. The number of hydrogen-bond acceptors (Lipinski definition) is 3. The minimum atomic E-state index is -0.111. The van der Waals surface area contributed by atoms with Crippen LogP contribution < -0.4 is 10.7 Å². The number of fused-ring (bicyclic) bond motifs is 4. The van der Waals surface area contributed by atoms with Crippen LogP contribution in [0.15, 0.2) is 77.7 Å². The number of benzene rings is 3. The first kappa shape index (κ1) is 17.4. The monoisotopic (exact) mass is 381 g/mol. The van der Waals surface area contributed by atoms with Gasteiger partial charge in [0.1, 0.15) is 0 Å². The predicted octanol–water partition coefficient (Wildman–Crippen LogP) is 4.00. The Bertz CT molecular complexity index is 1310. The second-order valence-electron chi connectivity index (χ2n) is 7.25. The molecule has 0 aliphatic heterocycles. The summed E-state index contributed by atoms with van der Waals surface area (Å²) in [5, 5.41) is 7.78. The maximum absolute atomic E-state index is 12.5. The molecule has 1 heterocycles. The van der Waals surface area contributed by atoms with Crippen molar-refractivity contribution in [2.24, 2.45) is 0 Å². The van der Waals surface area contributed by atoms with E-state index in [1.54, 1.807) is 10.7 Å². The molecule has 142 valence electrons. The topological polar surface area (TPSA) is 64.0 Å². The molecule has 0 fully saturated rings. The molecule has 1 N–H and O–H groups in total. The molecule has 5 rings (SSSR count). The third-order valence-corrected chi connectivity index (χ3v) is 5.39. The lowest BCUT2D eigenvalue weighted by Crippen LogP contribution is -2.18. The van der Waals surface area contributed by atoms with Gasteiger partial charge < -0.3 is 5.32 Å². The Labute approximate surface area is 167 Å². The van der Waals surface area contributed by atoms with Crippen LogP contribution in [0.3, 0.4) is 0 Å². The van der Waals surface area contributed by atoms with E-state index in [9.17, 15) is 9.59 Å². The van der Waals surface area contributed by atoms with Crippen LogP contribution in [0, 0.1) is 0 Å². The molecule has 0 radical (unpaired) electrons. The van der Waals surface area contributed by atoms with Crippen LogP contribution in [0.25, 0.3) is 22.0 Å². The number of aryl methyl sites for hydroxylation is 1. The number of carbonyl (C=O) groups is 1. The van der Waals surface area contributed by atoms with Crippen molar-refractivity contribution in [1.29, 1.82) is 0 Å². The summed E-state index contributed by atoms with van der Waals surface area (Å²) in [5.74, 6) is -0.0787. The summed E-state index contributed by atoms with van der Waals surface area (Å²) < 4.78 is 1.70. The van der Waals surface area contributed by atoms with Crippen molar-refractivity contribution in [3.63, 3.8) is 0 Å². The van der Waals surface area contributed by atoms with Crippen LogP contribution >= 0.6 is 0 Å². The van der Waals surface area contributed by atoms with Crippen LogP contribution in [0.4, 0.5) is 5.69 Å². The van der Waals surface area contributed by atoms with Gasteiger partial charge in [0.2, 0.25) is 11.3 Å². The van der Waals surface area contributed by atoms with E-state index in [-0.39, 0.29) is 17.8 Å². The summed E-state index contributed by atoms with van der Waals surface area (Å²) in [6.07, 6.45) is 2.47. The molecule has 0 atom stereocenters. The SMILES string of the molecule is O=C(CCn1ncc(=O)c2ccccc21)Nc1ccc2c(c1)Cc1ccccc1-2. The Hall–Kier alpha value is -3.73. The lowest BCUT2D eigenvalue weighted by molar-refractivity contribution is -0.116. The van der Waals surface area contributed by atoms with E-state index in [1.165, 1.54) is 28.5 Å². The van der Waals surface area contributed by atoms with Gasteiger partial charge in [-0.3, -0.25) is 14.3 Å². The van der Waals surface area contributed by atoms with Crippen LogP contribution in [0.5, 0.6) is 0 Å². The maximum Gasteiger partial charge on any atom is 0.226 e. The maximum atomic E-state index is 12.5. The fraction of sp³-hybridized carbons (Fsp3) is 0.125.